The van der Waals surface area contributed by atoms with Crippen molar-refractivity contribution in [1.29, 1.82) is 5.26 Å². The number of hydrogen-bond donors (Lipinski definition) is 0. The van der Waals surface area contributed by atoms with Crippen LogP contribution in [0.4, 0.5) is 5.82 Å². The summed E-state index contributed by atoms with van der Waals surface area (Å²) in [5.74, 6) is 1.41. The number of hydrogen-bond acceptors (Lipinski definition) is 5. The van der Waals surface area contributed by atoms with Crippen LogP contribution in [-0.4, -0.2) is 66.0 Å². The molecule has 3 fully saturated rings. The highest BCUT2D eigenvalue weighted by Gasteiger charge is 2.34. The first-order valence-corrected chi connectivity index (χ1v) is 10.8. The monoisotopic (exact) mass is 381 g/mol. The number of anilines is 1. The van der Waals surface area contributed by atoms with Gasteiger partial charge in [-0.05, 0) is 64.1 Å². The van der Waals surface area contributed by atoms with Gasteiger partial charge in [0.15, 0.2) is 0 Å². The topological polar surface area (TPSA) is 63.5 Å². The molecule has 3 saturated heterocycles. The molecule has 0 bridgehead atoms. The Bertz CT molecular complexity index is 744. The Hall–Kier alpha value is -2.13. The molecule has 1 aromatic rings. The van der Waals surface area contributed by atoms with Crippen LogP contribution in [0.15, 0.2) is 12.1 Å². The smallest absolute Gasteiger partial charge is 0.226 e. The van der Waals surface area contributed by atoms with Crippen molar-refractivity contribution in [3.63, 3.8) is 0 Å². The van der Waals surface area contributed by atoms with Crippen molar-refractivity contribution in [3.8, 4) is 6.07 Å². The second kappa shape index (κ2) is 8.48. The number of carbonyl (C=O) groups is 1. The molecule has 0 spiro atoms. The predicted molar refractivity (Wildman–Crippen MR) is 109 cm³/mol. The minimum Gasteiger partial charge on any atom is -0.355 e. The van der Waals surface area contributed by atoms with E-state index in [0.717, 1.165) is 89.3 Å². The van der Waals surface area contributed by atoms with Gasteiger partial charge in [0, 0.05) is 44.5 Å². The molecule has 0 saturated carbocycles. The molecule has 4 heterocycles. The second-order valence-electron chi connectivity index (χ2n) is 8.52. The van der Waals surface area contributed by atoms with E-state index in [1.165, 1.54) is 0 Å². The number of likely N-dealkylation sites (tertiary alicyclic amines) is 2. The highest BCUT2D eigenvalue weighted by Crippen LogP contribution is 2.28. The van der Waals surface area contributed by atoms with Crippen LogP contribution >= 0.6 is 0 Å². The first kappa shape index (κ1) is 19.2. The molecule has 0 radical (unpaired) electrons. The average molecular weight is 382 g/mol. The van der Waals surface area contributed by atoms with Crippen LogP contribution in [0.1, 0.15) is 49.8 Å². The third-order valence-corrected chi connectivity index (χ3v) is 6.64. The van der Waals surface area contributed by atoms with Crippen LogP contribution in [0.3, 0.4) is 0 Å². The molecule has 150 valence electrons. The highest BCUT2D eigenvalue weighted by atomic mass is 16.2. The van der Waals surface area contributed by atoms with Gasteiger partial charge >= 0.3 is 0 Å². The molecule has 28 heavy (non-hydrogen) atoms. The highest BCUT2D eigenvalue weighted by molar-refractivity contribution is 5.79. The van der Waals surface area contributed by atoms with E-state index in [1.54, 1.807) is 0 Å². The molecular weight excluding hydrogens is 350 g/mol. The Morgan fingerprint density at radius 1 is 1.07 bits per heavy atom. The third-order valence-electron chi connectivity index (χ3n) is 6.64. The molecule has 3 aliphatic rings. The molecular formula is C22H31N5O. The van der Waals surface area contributed by atoms with Gasteiger partial charge < -0.3 is 9.80 Å². The van der Waals surface area contributed by atoms with Gasteiger partial charge in [0.05, 0.1) is 11.5 Å². The maximum absolute atomic E-state index is 12.8. The number of aryl methyl sites for hydroxylation is 1. The van der Waals surface area contributed by atoms with Crippen molar-refractivity contribution < 1.29 is 4.79 Å². The molecule has 1 aromatic heterocycles. The molecule has 0 aliphatic carbocycles. The van der Waals surface area contributed by atoms with Crippen molar-refractivity contribution in [2.75, 3.05) is 44.2 Å². The minimum absolute atomic E-state index is 0.188. The zero-order chi connectivity index (χ0) is 19.5. The van der Waals surface area contributed by atoms with E-state index in [0.29, 0.717) is 17.5 Å². The fourth-order valence-corrected chi connectivity index (χ4v) is 5.05. The number of rotatable bonds is 3. The molecule has 0 N–H and O–H groups in total. The molecule has 3 aliphatic heterocycles. The first-order valence-electron chi connectivity index (χ1n) is 10.8. The predicted octanol–water partition coefficient (Wildman–Crippen LogP) is 2.56. The lowest BCUT2D eigenvalue weighted by atomic mass is 9.93. The summed E-state index contributed by atoms with van der Waals surface area (Å²) < 4.78 is 0. The second-order valence-corrected chi connectivity index (χ2v) is 8.52. The molecule has 6 heteroatoms. The number of nitrogens with zero attached hydrogens (tertiary/aromatic N) is 5. The lowest BCUT2D eigenvalue weighted by Gasteiger charge is -2.42. The van der Waals surface area contributed by atoms with Crippen molar-refractivity contribution in [2.45, 2.75) is 51.5 Å². The van der Waals surface area contributed by atoms with Gasteiger partial charge in [-0.3, -0.25) is 9.69 Å². The Kier molecular flexibility index (Phi) is 5.82. The summed E-state index contributed by atoms with van der Waals surface area (Å²) in [4.78, 5) is 24.4. The van der Waals surface area contributed by atoms with E-state index in [4.69, 9.17) is 0 Å². The Balaban J connectivity index is 1.35. The fraction of sp³-hybridized carbons (Fsp3) is 0.682. The molecule has 0 aromatic carbocycles. The largest absolute Gasteiger partial charge is 0.355 e. The van der Waals surface area contributed by atoms with E-state index in [-0.39, 0.29) is 5.92 Å². The van der Waals surface area contributed by atoms with Crippen molar-refractivity contribution in [3.05, 3.63) is 23.4 Å². The molecule has 1 atom stereocenters. The number of nitriles is 1. The lowest BCUT2D eigenvalue weighted by Crippen LogP contribution is -2.51. The number of pyridine rings is 1. The first-order chi connectivity index (χ1) is 13.7. The normalized spacial score (nSPS) is 24.4. The van der Waals surface area contributed by atoms with Crippen LogP contribution in [-0.2, 0) is 4.79 Å². The van der Waals surface area contributed by atoms with Crippen LogP contribution in [0.25, 0.3) is 0 Å². The number of carbonyl (C=O) groups excluding carboxylic acids is 1. The van der Waals surface area contributed by atoms with E-state index in [1.807, 2.05) is 19.1 Å². The van der Waals surface area contributed by atoms with Crippen molar-refractivity contribution in [1.82, 2.24) is 14.8 Å². The third kappa shape index (κ3) is 4.00. The summed E-state index contributed by atoms with van der Waals surface area (Å²) in [6.45, 7) is 7.78. The summed E-state index contributed by atoms with van der Waals surface area (Å²) in [5, 5.41) is 9.41. The quantitative estimate of drug-likeness (QED) is 0.805. The number of amides is 1. The lowest BCUT2D eigenvalue weighted by molar-refractivity contribution is -0.136. The van der Waals surface area contributed by atoms with Crippen LogP contribution in [0.5, 0.6) is 0 Å². The fourth-order valence-electron chi connectivity index (χ4n) is 5.05. The number of piperidine rings is 2. The van der Waals surface area contributed by atoms with Gasteiger partial charge in [0.2, 0.25) is 5.91 Å². The van der Waals surface area contributed by atoms with Gasteiger partial charge in [-0.25, -0.2) is 4.98 Å². The maximum atomic E-state index is 12.8. The Morgan fingerprint density at radius 2 is 1.82 bits per heavy atom. The SMILES string of the molecule is Cc1ccc(C#N)c(N2CCC(N3CCCC(C(=O)N4CCCC4)C3)CC2)n1. The number of aromatic nitrogens is 1. The molecule has 1 amide bonds. The minimum atomic E-state index is 0.188. The standard InChI is InChI=1S/C22H31N5O/c1-17-6-7-18(15-23)21(24-17)25-13-8-20(9-14-25)27-12-4-5-19(16-27)22(28)26-10-2-3-11-26/h6-7,19-20H,2-5,8-14,16H2,1H3. The summed E-state index contributed by atoms with van der Waals surface area (Å²) in [7, 11) is 0. The Labute approximate surface area is 168 Å². The van der Waals surface area contributed by atoms with Gasteiger partial charge in [-0.15, -0.1) is 0 Å². The Morgan fingerprint density at radius 3 is 2.54 bits per heavy atom. The van der Waals surface area contributed by atoms with Crippen LogP contribution < -0.4 is 4.90 Å². The van der Waals surface area contributed by atoms with Gasteiger partial charge in [0.1, 0.15) is 11.9 Å². The zero-order valence-corrected chi connectivity index (χ0v) is 16.9. The maximum Gasteiger partial charge on any atom is 0.226 e. The summed E-state index contributed by atoms with van der Waals surface area (Å²) in [6.07, 6.45) is 6.65. The van der Waals surface area contributed by atoms with E-state index in [2.05, 4.69) is 25.8 Å². The zero-order valence-electron chi connectivity index (χ0n) is 16.9. The van der Waals surface area contributed by atoms with Crippen LogP contribution in [0, 0.1) is 24.2 Å². The average Bonchev–Trinajstić information content (AvgIpc) is 3.28. The molecule has 1 unspecified atom stereocenters. The van der Waals surface area contributed by atoms with E-state index >= 15 is 0 Å². The van der Waals surface area contributed by atoms with Crippen molar-refractivity contribution >= 4 is 11.7 Å². The van der Waals surface area contributed by atoms with Gasteiger partial charge in [-0.1, -0.05) is 0 Å². The van der Waals surface area contributed by atoms with Gasteiger partial charge in [-0.2, -0.15) is 5.26 Å². The van der Waals surface area contributed by atoms with Crippen molar-refractivity contribution in [2.24, 2.45) is 5.92 Å². The summed E-state index contributed by atoms with van der Waals surface area (Å²) >= 11 is 0. The molecule has 6 nitrogen and oxygen atoms in total. The van der Waals surface area contributed by atoms with Gasteiger partial charge in [0.25, 0.3) is 0 Å². The summed E-state index contributed by atoms with van der Waals surface area (Å²) in [6, 6.07) is 6.61. The van der Waals surface area contributed by atoms with E-state index in [9.17, 15) is 10.1 Å². The molecule has 4 rings (SSSR count). The van der Waals surface area contributed by atoms with Crippen LogP contribution in [0.2, 0.25) is 0 Å². The summed E-state index contributed by atoms with van der Waals surface area (Å²) in [5.41, 5.74) is 1.62. The van der Waals surface area contributed by atoms with E-state index < -0.39 is 0 Å².